The van der Waals surface area contributed by atoms with E-state index in [9.17, 15) is 0 Å². The zero-order valence-electron chi connectivity index (χ0n) is 10.8. The fourth-order valence-corrected chi connectivity index (χ4v) is 2.39. The number of rotatable bonds is 2. The van der Waals surface area contributed by atoms with E-state index < -0.39 is 0 Å². The van der Waals surface area contributed by atoms with Crippen LogP contribution in [-0.2, 0) is 0 Å². The number of anilines is 1. The number of nitrogens with two attached hydrogens (primary N) is 1. The Balaban J connectivity index is 2.21. The standard InChI is InChI=1S/C17H13ClN2/c1-2-11-3-8-14-15(18)10-16(20-17(14)9-11)12-4-6-13(19)7-5-12/h2-10H,1,19H2. The lowest BCUT2D eigenvalue weighted by atomic mass is 10.1. The Morgan fingerprint density at radius 3 is 2.50 bits per heavy atom. The number of fused-ring (bicyclic) bond motifs is 1. The van der Waals surface area contributed by atoms with Crippen LogP contribution in [0.15, 0.2) is 55.1 Å². The molecular formula is C17H13ClN2. The summed E-state index contributed by atoms with van der Waals surface area (Å²) in [6.45, 7) is 3.78. The van der Waals surface area contributed by atoms with Crippen molar-refractivity contribution >= 4 is 34.3 Å². The van der Waals surface area contributed by atoms with Gasteiger partial charge in [-0.25, -0.2) is 4.98 Å². The van der Waals surface area contributed by atoms with Gasteiger partial charge in [-0.15, -0.1) is 0 Å². The van der Waals surface area contributed by atoms with Gasteiger partial charge >= 0.3 is 0 Å². The van der Waals surface area contributed by atoms with Gasteiger partial charge in [0, 0.05) is 16.6 Å². The van der Waals surface area contributed by atoms with Crippen LogP contribution in [-0.4, -0.2) is 4.98 Å². The van der Waals surface area contributed by atoms with E-state index in [4.69, 9.17) is 17.3 Å². The number of hydrogen-bond acceptors (Lipinski definition) is 2. The molecule has 3 heteroatoms. The van der Waals surface area contributed by atoms with Crippen molar-refractivity contribution in [1.29, 1.82) is 0 Å². The van der Waals surface area contributed by atoms with Gasteiger partial charge in [-0.1, -0.05) is 48.5 Å². The first kappa shape index (κ1) is 12.7. The molecule has 0 fully saturated rings. The quantitative estimate of drug-likeness (QED) is 0.686. The molecule has 2 aromatic carbocycles. The first-order valence-corrected chi connectivity index (χ1v) is 6.64. The molecule has 0 unspecified atom stereocenters. The summed E-state index contributed by atoms with van der Waals surface area (Å²) < 4.78 is 0. The molecule has 3 rings (SSSR count). The van der Waals surface area contributed by atoms with Crippen molar-refractivity contribution in [1.82, 2.24) is 4.98 Å². The number of nitrogen functional groups attached to an aromatic ring is 1. The molecule has 0 radical (unpaired) electrons. The third kappa shape index (κ3) is 2.26. The van der Waals surface area contributed by atoms with Crippen molar-refractivity contribution in [2.24, 2.45) is 0 Å². The summed E-state index contributed by atoms with van der Waals surface area (Å²) >= 11 is 6.35. The third-order valence-corrected chi connectivity index (χ3v) is 3.54. The van der Waals surface area contributed by atoms with Crippen molar-refractivity contribution in [3.63, 3.8) is 0 Å². The molecule has 0 saturated carbocycles. The number of nitrogens with zero attached hydrogens (tertiary/aromatic N) is 1. The van der Waals surface area contributed by atoms with Crippen molar-refractivity contribution < 1.29 is 0 Å². The Labute approximate surface area is 122 Å². The minimum Gasteiger partial charge on any atom is -0.399 e. The maximum Gasteiger partial charge on any atom is 0.0730 e. The zero-order chi connectivity index (χ0) is 14.1. The van der Waals surface area contributed by atoms with E-state index in [1.54, 1.807) is 6.08 Å². The normalized spacial score (nSPS) is 10.7. The van der Waals surface area contributed by atoms with Gasteiger partial charge in [0.25, 0.3) is 0 Å². The molecule has 1 heterocycles. The van der Waals surface area contributed by atoms with Crippen molar-refractivity contribution in [2.45, 2.75) is 0 Å². The minimum absolute atomic E-state index is 0.692. The van der Waals surface area contributed by atoms with Gasteiger partial charge in [-0.3, -0.25) is 0 Å². The van der Waals surface area contributed by atoms with E-state index in [0.717, 1.165) is 33.4 Å². The number of halogens is 1. The fraction of sp³-hybridized carbons (Fsp3) is 0. The molecule has 2 N–H and O–H groups in total. The molecule has 0 atom stereocenters. The van der Waals surface area contributed by atoms with Crippen LogP contribution in [0.4, 0.5) is 5.69 Å². The van der Waals surface area contributed by atoms with Gasteiger partial charge in [0.1, 0.15) is 0 Å². The van der Waals surface area contributed by atoms with Gasteiger partial charge in [0.15, 0.2) is 0 Å². The average Bonchev–Trinajstić information content (AvgIpc) is 2.47. The highest BCUT2D eigenvalue weighted by Gasteiger charge is 2.06. The van der Waals surface area contributed by atoms with Crippen molar-refractivity contribution in [3.05, 3.63) is 65.7 Å². The Morgan fingerprint density at radius 2 is 1.80 bits per heavy atom. The van der Waals surface area contributed by atoms with E-state index in [2.05, 4.69) is 11.6 Å². The molecule has 2 nitrogen and oxygen atoms in total. The van der Waals surface area contributed by atoms with Gasteiger partial charge in [0.2, 0.25) is 0 Å². The van der Waals surface area contributed by atoms with Crippen LogP contribution in [0.2, 0.25) is 5.02 Å². The van der Waals surface area contributed by atoms with E-state index in [-0.39, 0.29) is 0 Å². The predicted molar refractivity (Wildman–Crippen MR) is 86.7 cm³/mol. The monoisotopic (exact) mass is 280 g/mol. The van der Waals surface area contributed by atoms with Gasteiger partial charge in [-0.05, 0) is 29.8 Å². The van der Waals surface area contributed by atoms with Gasteiger partial charge in [0.05, 0.1) is 16.2 Å². The SMILES string of the molecule is C=Cc1ccc2c(Cl)cc(-c3ccc(N)cc3)nc2c1. The topological polar surface area (TPSA) is 38.9 Å². The average molecular weight is 281 g/mol. The Bertz CT molecular complexity index is 792. The first-order chi connectivity index (χ1) is 9.67. The summed E-state index contributed by atoms with van der Waals surface area (Å²) in [5.74, 6) is 0. The predicted octanol–water partition coefficient (Wildman–Crippen LogP) is 4.78. The second-order valence-electron chi connectivity index (χ2n) is 4.59. The highest BCUT2D eigenvalue weighted by Crippen LogP contribution is 2.29. The third-order valence-electron chi connectivity index (χ3n) is 3.23. The van der Waals surface area contributed by atoms with Crippen LogP contribution >= 0.6 is 11.6 Å². The Hall–Kier alpha value is -2.32. The molecule has 0 aliphatic carbocycles. The molecule has 0 bridgehead atoms. The van der Waals surface area contributed by atoms with Crippen LogP contribution in [0.1, 0.15) is 5.56 Å². The van der Waals surface area contributed by atoms with E-state index in [0.29, 0.717) is 5.02 Å². The van der Waals surface area contributed by atoms with E-state index in [1.165, 1.54) is 0 Å². The molecule has 0 amide bonds. The summed E-state index contributed by atoms with van der Waals surface area (Å²) in [6.07, 6.45) is 1.80. The maximum absolute atomic E-state index is 6.35. The first-order valence-electron chi connectivity index (χ1n) is 6.26. The molecule has 0 saturated heterocycles. The highest BCUT2D eigenvalue weighted by molar-refractivity contribution is 6.35. The lowest BCUT2D eigenvalue weighted by Crippen LogP contribution is -1.89. The number of benzene rings is 2. The van der Waals surface area contributed by atoms with Gasteiger partial charge < -0.3 is 5.73 Å². The van der Waals surface area contributed by atoms with Crippen LogP contribution in [0.5, 0.6) is 0 Å². The second kappa shape index (κ2) is 4.99. The lowest BCUT2D eigenvalue weighted by molar-refractivity contribution is 1.40. The maximum atomic E-state index is 6.35. The molecule has 1 aromatic heterocycles. The summed E-state index contributed by atoms with van der Waals surface area (Å²) in [7, 11) is 0. The number of pyridine rings is 1. The molecule has 98 valence electrons. The van der Waals surface area contributed by atoms with Crippen LogP contribution < -0.4 is 5.73 Å². The van der Waals surface area contributed by atoms with Crippen LogP contribution in [0, 0.1) is 0 Å². The molecule has 0 aliphatic rings. The lowest BCUT2D eigenvalue weighted by Gasteiger charge is -2.07. The number of hydrogen-bond donors (Lipinski definition) is 1. The summed E-state index contributed by atoms with van der Waals surface area (Å²) in [6, 6.07) is 15.4. The van der Waals surface area contributed by atoms with Gasteiger partial charge in [-0.2, -0.15) is 0 Å². The summed E-state index contributed by atoms with van der Waals surface area (Å²) in [5, 5.41) is 1.63. The summed E-state index contributed by atoms with van der Waals surface area (Å²) in [5.41, 5.74) is 10.2. The Morgan fingerprint density at radius 1 is 1.05 bits per heavy atom. The molecule has 0 aliphatic heterocycles. The number of aromatic nitrogens is 1. The highest BCUT2D eigenvalue weighted by atomic mass is 35.5. The minimum atomic E-state index is 0.692. The van der Waals surface area contributed by atoms with Crippen molar-refractivity contribution in [3.8, 4) is 11.3 Å². The molecular weight excluding hydrogens is 268 g/mol. The van der Waals surface area contributed by atoms with E-state index in [1.807, 2.05) is 48.5 Å². The molecule has 20 heavy (non-hydrogen) atoms. The molecule has 3 aromatic rings. The molecule has 0 spiro atoms. The largest absolute Gasteiger partial charge is 0.399 e. The summed E-state index contributed by atoms with van der Waals surface area (Å²) in [4.78, 5) is 4.67. The van der Waals surface area contributed by atoms with Crippen LogP contribution in [0.25, 0.3) is 28.2 Å². The smallest absolute Gasteiger partial charge is 0.0730 e. The zero-order valence-corrected chi connectivity index (χ0v) is 11.6. The Kier molecular flexibility index (Phi) is 3.17. The van der Waals surface area contributed by atoms with Crippen LogP contribution in [0.3, 0.4) is 0 Å². The fourth-order valence-electron chi connectivity index (χ4n) is 2.13. The second-order valence-corrected chi connectivity index (χ2v) is 5.00. The van der Waals surface area contributed by atoms with Crippen molar-refractivity contribution in [2.75, 3.05) is 5.73 Å². The van der Waals surface area contributed by atoms with E-state index >= 15 is 0 Å².